The summed E-state index contributed by atoms with van der Waals surface area (Å²) in [6.45, 7) is 0. The average molecular weight is 460 g/mol. The first-order valence-electron chi connectivity index (χ1n) is 9.59. The number of carboxylic acid groups (broad SMARTS) is 2. The molecule has 2 aliphatic carbocycles. The van der Waals surface area contributed by atoms with Crippen molar-refractivity contribution in [1.82, 2.24) is 0 Å². The van der Waals surface area contributed by atoms with Gasteiger partial charge in [-0.25, -0.2) is 0 Å². The molecule has 4 unspecified atom stereocenters. The van der Waals surface area contributed by atoms with Crippen molar-refractivity contribution in [2.24, 2.45) is 11.8 Å². The molecule has 2 saturated carbocycles. The lowest BCUT2D eigenvalue weighted by atomic mass is 10.1. The Morgan fingerprint density at radius 3 is 1.09 bits per heavy atom. The van der Waals surface area contributed by atoms with Crippen LogP contribution in [0.2, 0.25) is 0 Å². The second-order valence-corrected chi connectivity index (χ2v) is 7.81. The molecule has 0 aliphatic heterocycles. The SMILES string of the molecule is O=C(O)C1CC1c1ccc(C(F)(F)F)cc1.O=C(O)C1CC1c1ccc(C(F)(F)F)cc1. The fourth-order valence-electron chi connectivity index (χ4n) is 3.51. The van der Waals surface area contributed by atoms with E-state index in [1.54, 1.807) is 0 Å². The van der Waals surface area contributed by atoms with Gasteiger partial charge in [-0.15, -0.1) is 0 Å². The van der Waals surface area contributed by atoms with E-state index >= 15 is 0 Å². The van der Waals surface area contributed by atoms with Crippen LogP contribution in [0, 0.1) is 11.8 Å². The Labute approximate surface area is 178 Å². The van der Waals surface area contributed by atoms with Crippen LogP contribution in [-0.4, -0.2) is 22.2 Å². The van der Waals surface area contributed by atoms with E-state index in [0.29, 0.717) is 24.0 Å². The van der Waals surface area contributed by atoms with Crippen LogP contribution < -0.4 is 0 Å². The van der Waals surface area contributed by atoms with E-state index in [2.05, 4.69) is 0 Å². The molecule has 0 spiro atoms. The Hall–Kier alpha value is -3.04. The zero-order chi connectivity index (χ0) is 23.8. The quantitative estimate of drug-likeness (QED) is 0.567. The summed E-state index contributed by atoms with van der Waals surface area (Å²) in [6, 6.07) is 9.40. The van der Waals surface area contributed by atoms with E-state index in [4.69, 9.17) is 10.2 Å². The lowest BCUT2D eigenvalue weighted by molar-refractivity contribution is -0.139. The van der Waals surface area contributed by atoms with Crippen LogP contribution in [0.1, 0.15) is 46.9 Å². The molecular weight excluding hydrogens is 442 g/mol. The second-order valence-electron chi connectivity index (χ2n) is 7.81. The molecule has 2 aromatic rings. The monoisotopic (exact) mass is 460 g/mol. The predicted molar refractivity (Wildman–Crippen MR) is 99.9 cm³/mol. The van der Waals surface area contributed by atoms with Gasteiger partial charge in [0.2, 0.25) is 0 Å². The summed E-state index contributed by atoms with van der Waals surface area (Å²) in [5, 5.41) is 17.4. The van der Waals surface area contributed by atoms with Crippen LogP contribution in [0.3, 0.4) is 0 Å². The van der Waals surface area contributed by atoms with Gasteiger partial charge in [0.05, 0.1) is 23.0 Å². The molecule has 172 valence electrons. The van der Waals surface area contributed by atoms with Gasteiger partial charge in [0.25, 0.3) is 0 Å². The maximum absolute atomic E-state index is 12.2. The van der Waals surface area contributed by atoms with E-state index < -0.39 is 47.3 Å². The molecular formula is C22H18F6O4. The maximum atomic E-state index is 12.2. The Morgan fingerprint density at radius 2 is 0.906 bits per heavy atom. The highest BCUT2D eigenvalue weighted by atomic mass is 19.4. The van der Waals surface area contributed by atoms with Crippen molar-refractivity contribution in [1.29, 1.82) is 0 Å². The van der Waals surface area contributed by atoms with Crippen molar-refractivity contribution in [2.45, 2.75) is 37.0 Å². The summed E-state index contributed by atoms with van der Waals surface area (Å²) in [4.78, 5) is 21.2. The lowest BCUT2D eigenvalue weighted by Crippen LogP contribution is -2.04. The highest BCUT2D eigenvalue weighted by Crippen LogP contribution is 2.48. The van der Waals surface area contributed by atoms with Crippen LogP contribution >= 0.6 is 0 Å². The summed E-state index contributed by atoms with van der Waals surface area (Å²) in [6.07, 6.45) is -7.65. The number of rotatable bonds is 4. The van der Waals surface area contributed by atoms with Crippen molar-refractivity contribution in [2.75, 3.05) is 0 Å². The molecule has 0 amide bonds. The van der Waals surface area contributed by atoms with E-state index in [9.17, 15) is 35.9 Å². The number of aliphatic carboxylic acids is 2. The van der Waals surface area contributed by atoms with Gasteiger partial charge >= 0.3 is 24.3 Å². The fourth-order valence-corrected chi connectivity index (χ4v) is 3.51. The summed E-state index contributed by atoms with van der Waals surface area (Å²) in [7, 11) is 0. The average Bonchev–Trinajstić information content (AvgIpc) is 3.61. The van der Waals surface area contributed by atoms with Crippen LogP contribution in [0.4, 0.5) is 26.3 Å². The zero-order valence-electron chi connectivity index (χ0n) is 16.3. The van der Waals surface area contributed by atoms with Crippen LogP contribution in [0.25, 0.3) is 0 Å². The largest absolute Gasteiger partial charge is 0.481 e. The minimum Gasteiger partial charge on any atom is -0.481 e. The summed E-state index contributed by atoms with van der Waals surface area (Å²) < 4.78 is 73.5. The predicted octanol–water partition coefficient (Wildman–Crippen LogP) is 5.79. The minimum absolute atomic E-state index is 0.125. The number of hydrogen-bond acceptors (Lipinski definition) is 2. The van der Waals surface area contributed by atoms with Gasteiger partial charge in [-0.2, -0.15) is 26.3 Å². The van der Waals surface area contributed by atoms with Crippen molar-refractivity contribution in [3.8, 4) is 0 Å². The number of alkyl halides is 6. The first kappa shape index (κ1) is 23.6. The third-order valence-corrected chi connectivity index (χ3v) is 5.55. The highest BCUT2D eigenvalue weighted by molar-refractivity contribution is 5.75. The third kappa shape index (κ3) is 5.60. The zero-order valence-corrected chi connectivity index (χ0v) is 16.3. The van der Waals surface area contributed by atoms with E-state index in [0.717, 1.165) is 24.3 Å². The molecule has 0 heterocycles. The molecule has 4 atom stereocenters. The Bertz CT molecular complexity index is 898. The van der Waals surface area contributed by atoms with Gasteiger partial charge in [0, 0.05) is 0 Å². The highest BCUT2D eigenvalue weighted by Gasteiger charge is 2.45. The topological polar surface area (TPSA) is 74.6 Å². The summed E-state index contributed by atoms with van der Waals surface area (Å²) in [5.41, 5.74) is -0.0756. The van der Waals surface area contributed by atoms with Gasteiger partial charge in [0.15, 0.2) is 0 Å². The number of hydrogen-bond donors (Lipinski definition) is 2. The van der Waals surface area contributed by atoms with Crippen molar-refractivity contribution >= 4 is 11.9 Å². The minimum atomic E-state index is -4.34. The van der Waals surface area contributed by atoms with Gasteiger partial charge in [0.1, 0.15) is 0 Å². The molecule has 0 bridgehead atoms. The van der Waals surface area contributed by atoms with Gasteiger partial charge < -0.3 is 10.2 Å². The van der Waals surface area contributed by atoms with Crippen LogP contribution in [0.5, 0.6) is 0 Å². The van der Waals surface area contributed by atoms with Crippen LogP contribution in [0.15, 0.2) is 48.5 Å². The van der Waals surface area contributed by atoms with E-state index in [-0.39, 0.29) is 11.8 Å². The molecule has 4 rings (SSSR count). The van der Waals surface area contributed by atoms with E-state index in [1.807, 2.05) is 0 Å². The summed E-state index contributed by atoms with van der Waals surface area (Å²) >= 11 is 0. The number of carboxylic acids is 2. The molecule has 0 aromatic heterocycles. The third-order valence-electron chi connectivity index (χ3n) is 5.55. The standard InChI is InChI=1S/2C11H9F3O2/c2*12-11(13,14)7-3-1-6(2-4-7)8-5-9(8)10(15)16/h2*1-4,8-9H,5H2,(H,15,16). The Kier molecular flexibility index (Phi) is 6.26. The van der Waals surface area contributed by atoms with Gasteiger partial charge in [-0.3, -0.25) is 9.59 Å². The molecule has 10 heteroatoms. The fraction of sp³-hybridized carbons (Fsp3) is 0.364. The van der Waals surface area contributed by atoms with Crippen molar-refractivity contribution in [3.05, 3.63) is 70.8 Å². The smallest absolute Gasteiger partial charge is 0.416 e. The number of halogens is 6. The molecule has 4 nitrogen and oxygen atoms in total. The molecule has 0 saturated heterocycles. The molecule has 32 heavy (non-hydrogen) atoms. The van der Waals surface area contributed by atoms with Gasteiger partial charge in [-0.05, 0) is 60.1 Å². The molecule has 2 aromatic carbocycles. The Balaban J connectivity index is 0.000000181. The molecule has 2 N–H and O–H groups in total. The first-order chi connectivity index (χ1) is 14.8. The van der Waals surface area contributed by atoms with E-state index in [1.165, 1.54) is 24.3 Å². The second kappa shape index (κ2) is 8.48. The van der Waals surface area contributed by atoms with Crippen molar-refractivity contribution < 1.29 is 46.1 Å². The number of carbonyl (C=O) groups is 2. The summed E-state index contributed by atoms with van der Waals surface area (Å²) in [5.74, 6) is -2.89. The van der Waals surface area contributed by atoms with Gasteiger partial charge in [-0.1, -0.05) is 24.3 Å². The lowest BCUT2D eigenvalue weighted by Gasteiger charge is -2.07. The molecule has 2 fully saturated rings. The number of benzene rings is 2. The Morgan fingerprint density at radius 1 is 0.625 bits per heavy atom. The molecule has 0 radical (unpaired) electrons. The normalized spacial score (nSPS) is 24.2. The maximum Gasteiger partial charge on any atom is 0.416 e. The van der Waals surface area contributed by atoms with Crippen molar-refractivity contribution in [3.63, 3.8) is 0 Å². The van der Waals surface area contributed by atoms with Crippen LogP contribution in [-0.2, 0) is 21.9 Å². The first-order valence-corrected chi connectivity index (χ1v) is 9.59. The molecule has 2 aliphatic rings.